The Kier molecular flexibility index (Phi) is 9.38. The maximum atomic E-state index is 13.2. The van der Waals surface area contributed by atoms with Crippen LogP contribution in [0, 0.1) is 0 Å². The molecule has 0 radical (unpaired) electrons. The van der Waals surface area contributed by atoms with E-state index in [-0.39, 0.29) is 34.4 Å². The molecule has 0 aliphatic carbocycles. The van der Waals surface area contributed by atoms with Crippen LogP contribution in [0.4, 0.5) is 10.5 Å². The number of ether oxygens (including phenoxy) is 4. The molecule has 9 nitrogen and oxygen atoms in total. The van der Waals surface area contributed by atoms with Crippen molar-refractivity contribution in [1.29, 1.82) is 0 Å². The minimum absolute atomic E-state index is 0.130. The number of nitrogens with one attached hydrogen (secondary N) is 1. The first kappa shape index (κ1) is 30.5. The smallest absolute Gasteiger partial charge is 0.335 e. The van der Waals surface area contributed by atoms with E-state index in [0.29, 0.717) is 28.7 Å². The van der Waals surface area contributed by atoms with Crippen LogP contribution in [-0.2, 0) is 22.8 Å². The SMILES string of the molecule is COc1cc(COc2c(Cl)cc(/C=C3/C(=O)NC(=O)N(c4ccc(Cl)cc4)C3=O)cc2OC)ccc1OCc1ccccc1. The van der Waals surface area contributed by atoms with Crippen LogP contribution < -0.4 is 29.2 Å². The van der Waals surface area contributed by atoms with Crippen molar-refractivity contribution < 1.29 is 33.3 Å². The molecule has 1 saturated heterocycles. The number of hydrogen-bond acceptors (Lipinski definition) is 7. The third-order valence-corrected chi connectivity index (χ3v) is 7.13. The van der Waals surface area contributed by atoms with Crippen molar-refractivity contribution in [2.24, 2.45) is 0 Å². The number of methoxy groups -OCH3 is 2. The fourth-order valence-corrected chi connectivity index (χ4v) is 4.82. The Balaban J connectivity index is 1.33. The molecule has 11 heteroatoms. The van der Waals surface area contributed by atoms with Crippen LogP contribution in [0.5, 0.6) is 23.0 Å². The molecule has 1 aliphatic rings. The highest BCUT2D eigenvalue weighted by atomic mass is 35.5. The minimum Gasteiger partial charge on any atom is -0.493 e. The lowest BCUT2D eigenvalue weighted by atomic mass is 10.1. The first-order chi connectivity index (χ1) is 21.3. The number of carbonyl (C=O) groups excluding carboxylic acids is 3. The molecule has 4 amide bonds. The van der Waals surface area contributed by atoms with Crippen LogP contribution in [0.25, 0.3) is 6.08 Å². The summed E-state index contributed by atoms with van der Waals surface area (Å²) in [6.07, 6.45) is 1.32. The molecule has 0 bridgehead atoms. The Morgan fingerprint density at radius 1 is 0.750 bits per heavy atom. The second-order valence-electron chi connectivity index (χ2n) is 9.52. The summed E-state index contributed by atoms with van der Waals surface area (Å²) in [5.74, 6) is 0.0206. The Hall–Kier alpha value is -4.99. The third-order valence-electron chi connectivity index (χ3n) is 6.60. The lowest BCUT2D eigenvalue weighted by Gasteiger charge is -2.26. The lowest BCUT2D eigenvalue weighted by molar-refractivity contribution is -0.122. The molecule has 0 unspecified atom stereocenters. The number of hydrogen-bond donors (Lipinski definition) is 1. The quantitative estimate of drug-likeness (QED) is 0.151. The molecule has 5 rings (SSSR count). The summed E-state index contributed by atoms with van der Waals surface area (Å²) in [6, 6.07) is 23.5. The van der Waals surface area contributed by atoms with E-state index in [0.717, 1.165) is 16.0 Å². The van der Waals surface area contributed by atoms with Crippen molar-refractivity contribution in [3.05, 3.63) is 117 Å². The molecule has 4 aromatic rings. The first-order valence-corrected chi connectivity index (χ1v) is 14.0. The Morgan fingerprint density at radius 2 is 1.45 bits per heavy atom. The van der Waals surface area contributed by atoms with Crippen LogP contribution in [0.2, 0.25) is 10.0 Å². The molecule has 1 N–H and O–H groups in total. The molecule has 224 valence electrons. The Bertz CT molecular complexity index is 1740. The number of carbonyl (C=O) groups is 3. The van der Waals surface area contributed by atoms with E-state index in [4.69, 9.17) is 42.1 Å². The van der Waals surface area contributed by atoms with Crippen LogP contribution in [0.3, 0.4) is 0 Å². The van der Waals surface area contributed by atoms with Gasteiger partial charge in [-0.25, -0.2) is 9.69 Å². The summed E-state index contributed by atoms with van der Waals surface area (Å²) in [5, 5.41) is 2.79. The van der Waals surface area contributed by atoms with E-state index in [1.807, 2.05) is 36.4 Å². The van der Waals surface area contributed by atoms with Crippen LogP contribution in [0.1, 0.15) is 16.7 Å². The number of amides is 4. The standard InChI is InChI=1S/C33H26Cl2N2O7/c1-41-28-16-21(8-13-27(28)43-18-20-6-4-3-5-7-20)19-44-30-26(35)15-22(17-29(30)42-2)14-25-31(38)36-33(40)37(32(25)39)24-11-9-23(34)10-12-24/h3-17H,18-19H2,1-2H3,(H,36,38,40)/b25-14-. The fourth-order valence-electron chi connectivity index (χ4n) is 4.42. The maximum absolute atomic E-state index is 13.2. The molecule has 1 heterocycles. The number of nitrogens with zero attached hydrogens (tertiary/aromatic N) is 1. The first-order valence-electron chi connectivity index (χ1n) is 13.3. The fraction of sp³-hybridized carbons (Fsp3) is 0.121. The van der Waals surface area contributed by atoms with E-state index < -0.39 is 17.8 Å². The van der Waals surface area contributed by atoms with Gasteiger partial charge in [-0.15, -0.1) is 0 Å². The van der Waals surface area contributed by atoms with Gasteiger partial charge in [0, 0.05) is 5.02 Å². The molecular weight excluding hydrogens is 607 g/mol. The zero-order chi connectivity index (χ0) is 31.2. The molecule has 1 aliphatic heterocycles. The summed E-state index contributed by atoms with van der Waals surface area (Å²) in [5.41, 5.74) is 2.18. The molecule has 44 heavy (non-hydrogen) atoms. The maximum Gasteiger partial charge on any atom is 0.335 e. The monoisotopic (exact) mass is 632 g/mol. The number of anilines is 1. The van der Waals surface area contributed by atoms with Gasteiger partial charge in [0.05, 0.1) is 24.9 Å². The Morgan fingerprint density at radius 3 is 2.16 bits per heavy atom. The number of barbiturate groups is 1. The van der Waals surface area contributed by atoms with Gasteiger partial charge in [0.15, 0.2) is 23.0 Å². The third kappa shape index (κ3) is 6.80. The predicted molar refractivity (Wildman–Crippen MR) is 167 cm³/mol. The van der Waals surface area contributed by atoms with E-state index in [1.54, 1.807) is 25.3 Å². The van der Waals surface area contributed by atoms with Crippen LogP contribution in [0.15, 0.2) is 90.5 Å². The summed E-state index contributed by atoms with van der Waals surface area (Å²) in [4.78, 5) is 39.2. The van der Waals surface area contributed by atoms with Gasteiger partial charge < -0.3 is 18.9 Å². The van der Waals surface area contributed by atoms with E-state index in [9.17, 15) is 14.4 Å². The van der Waals surface area contributed by atoms with Gasteiger partial charge in [-0.2, -0.15) is 0 Å². The second-order valence-corrected chi connectivity index (χ2v) is 10.4. The highest BCUT2D eigenvalue weighted by Crippen LogP contribution is 2.38. The van der Waals surface area contributed by atoms with Crippen molar-refractivity contribution in [2.75, 3.05) is 19.1 Å². The Labute approximate surface area is 263 Å². The van der Waals surface area contributed by atoms with Crippen LogP contribution >= 0.6 is 23.2 Å². The van der Waals surface area contributed by atoms with Gasteiger partial charge in [-0.05, 0) is 71.3 Å². The van der Waals surface area contributed by atoms with Gasteiger partial charge in [0.25, 0.3) is 11.8 Å². The average molecular weight is 633 g/mol. The number of halogens is 2. The molecule has 0 spiro atoms. The van der Waals surface area contributed by atoms with Crippen LogP contribution in [-0.4, -0.2) is 32.1 Å². The summed E-state index contributed by atoms with van der Waals surface area (Å²) < 4.78 is 23.0. The zero-order valence-electron chi connectivity index (χ0n) is 23.6. The average Bonchev–Trinajstić information content (AvgIpc) is 3.02. The summed E-state index contributed by atoms with van der Waals surface area (Å²) in [7, 11) is 3.00. The topological polar surface area (TPSA) is 103 Å². The van der Waals surface area contributed by atoms with Crippen molar-refractivity contribution in [3.8, 4) is 23.0 Å². The van der Waals surface area contributed by atoms with Gasteiger partial charge in [-0.3, -0.25) is 14.9 Å². The van der Waals surface area contributed by atoms with Gasteiger partial charge >= 0.3 is 6.03 Å². The normalized spacial score (nSPS) is 14.0. The number of imide groups is 2. The van der Waals surface area contributed by atoms with Gasteiger partial charge in [0.2, 0.25) is 0 Å². The lowest BCUT2D eigenvalue weighted by Crippen LogP contribution is -2.54. The minimum atomic E-state index is -0.869. The van der Waals surface area contributed by atoms with Crippen molar-refractivity contribution in [2.45, 2.75) is 13.2 Å². The van der Waals surface area contributed by atoms with Gasteiger partial charge in [0.1, 0.15) is 18.8 Å². The molecule has 4 aromatic carbocycles. The van der Waals surface area contributed by atoms with Gasteiger partial charge in [-0.1, -0.05) is 59.6 Å². The summed E-state index contributed by atoms with van der Waals surface area (Å²) >= 11 is 12.5. The molecule has 0 atom stereocenters. The zero-order valence-corrected chi connectivity index (χ0v) is 25.1. The van der Waals surface area contributed by atoms with E-state index in [2.05, 4.69) is 5.32 Å². The molecule has 1 fully saturated rings. The molecular formula is C33H26Cl2N2O7. The highest BCUT2D eigenvalue weighted by Gasteiger charge is 2.37. The molecule has 0 saturated carbocycles. The predicted octanol–water partition coefficient (Wildman–Crippen LogP) is 6.84. The highest BCUT2D eigenvalue weighted by molar-refractivity contribution is 6.39. The van der Waals surface area contributed by atoms with E-state index >= 15 is 0 Å². The van der Waals surface area contributed by atoms with E-state index in [1.165, 1.54) is 43.5 Å². The number of benzene rings is 4. The van der Waals surface area contributed by atoms with Crippen molar-refractivity contribution in [1.82, 2.24) is 5.32 Å². The summed E-state index contributed by atoms with van der Waals surface area (Å²) in [6.45, 7) is 0.524. The van der Waals surface area contributed by atoms with Crippen molar-refractivity contribution >= 4 is 52.8 Å². The number of rotatable bonds is 10. The second kappa shape index (κ2) is 13.5. The number of urea groups is 1. The largest absolute Gasteiger partial charge is 0.493 e. The molecule has 0 aromatic heterocycles. The van der Waals surface area contributed by atoms with Crippen molar-refractivity contribution in [3.63, 3.8) is 0 Å².